The van der Waals surface area contributed by atoms with Crippen molar-refractivity contribution in [3.63, 3.8) is 0 Å². The van der Waals surface area contributed by atoms with Crippen molar-refractivity contribution in [2.45, 2.75) is 25.9 Å². The first-order valence-electron chi connectivity index (χ1n) is 6.76. The van der Waals surface area contributed by atoms with Gasteiger partial charge in [0.2, 0.25) is 0 Å². The van der Waals surface area contributed by atoms with Crippen molar-refractivity contribution < 1.29 is 5.11 Å². The van der Waals surface area contributed by atoms with Gasteiger partial charge in [-0.05, 0) is 42.5 Å². The van der Waals surface area contributed by atoms with Crippen LogP contribution in [0.1, 0.15) is 33.2 Å². The molecule has 0 fully saturated rings. The number of thiophene rings is 2. The molecule has 2 nitrogen and oxygen atoms in total. The summed E-state index contributed by atoms with van der Waals surface area (Å²) in [6.07, 6.45) is 1.17. The quantitative estimate of drug-likeness (QED) is 0.861. The van der Waals surface area contributed by atoms with Crippen LogP contribution in [0, 0.1) is 11.8 Å². The first-order valence-corrected chi connectivity index (χ1v) is 8.46. The van der Waals surface area contributed by atoms with Crippen LogP contribution in [0.25, 0.3) is 0 Å². The third kappa shape index (κ3) is 2.82. The fourth-order valence-corrected chi connectivity index (χ4v) is 4.51. The fourth-order valence-electron chi connectivity index (χ4n) is 2.63. The maximum Gasteiger partial charge on any atom is 0.104 e. The van der Waals surface area contributed by atoms with E-state index in [0.717, 1.165) is 18.0 Å². The molecular weight excluding hydrogens is 286 g/mol. The van der Waals surface area contributed by atoms with E-state index in [1.165, 1.54) is 16.9 Å². The Morgan fingerprint density at radius 1 is 1.40 bits per heavy atom. The highest BCUT2D eigenvalue weighted by Crippen LogP contribution is 2.34. The Morgan fingerprint density at radius 2 is 2.30 bits per heavy atom. The highest BCUT2D eigenvalue weighted by atomic mass is 32.1. The average Bonchev–Trinajstić information content (AvgIpc) is 3.09. The van der Waals surface area contributed by atoms with Gasteiger partial charge in [0.15, 0.2) is 0 Å². The van der Waals surface area contributed by atoms with Crippen molar-refractivity contribution in [2.24, 2.45) is 0 Å². The van der Waals surface area contributed by atoms with Crippen LogP contribution in [0.3, 0.4) is 0 Å². The maximum atomic E-state index is 8.73. The van der Waals surface area contributed by atoms with Gasteiger partial charge in [0, 0.05) is 28.9 Å². The Morgan fingerprint density at radius 3 is 3.15 bits per heavy atom. The Labute approximate surface area is 127 Å². The van der Waals surface area contributed by atoms with Crippen molar-refractivity contribution in [1.29, 1.82) is 0 Å². The summed E-state index contributed by atoms with van der Waals surface area (Å²) in [6.45, 7) is 4.34. The van der Waals surface area contributed by atoms with Crippen LogP contribution in [0.15, 0.2) is 23.6 Å². The van der Waals surface area contributed by atoms with Crippen molar-refractivity contribution >= 4 is 22.7 Å². The summed E-state index contributed by atoms with van der Waals surface area (Å²) in [7, 11) is 0. The van der Waals surface area contributed by atoms with Crippen molar-refractivity contribution in [2.75, 3.05) is 13.2 Å². The molecule has 104 valence electrons. The molecule has 0 aromatic carbocycles. The average molecular weight is 303 g/mol. The molecule has 2 aromatic rings. The second-order valence-electron chi connectivity index (χ2n) is 4.92. The second-order valence-corrected chi connectivity index (χ2v) is 7.09. The number of hydrogen-bond donors (Lipinski definition) is 1. The molecule has 0 saturated heterocycles. The number of aliphatic hydroxyl groups is 1. The predicted octanol–water partition coefficient (Wildman–Crippen LogP) is 3.27. The maximum absolute atomic E-state index is 8.73. The Hall–Kier alpha value is -1.12. The lowest BCUT2D eigenvalue weighted by molar-refractivity contribution is 0.193. The van der Waals surface area contributed by atoms with Gasteiger partial charge in [0.1, 0.15) is 6.61 Å². The topological polar surface area (TPSA) is 23.5 Å². The molecule has 3 heterocycles. The van der Waals surface area contributed by atoms with E-state index in [-0.39, 0.29) is 6.61 Å². The molecule has 20 heavy (non-hydrogen) atoms. The minimum atomic E-state index is -0.0721. The van der Waals surface area contributed by atoms with E-state index in [2.05, 4.69) is 41.2 Å². The summed E-state index contributed by atoms with van der Waals surface area (Å²) in [5.74, 6) is 5.68. The molecule has 0 aliphatic carbocycles. The third-order valence-corrected chi connectivity index (χ3v) is 5.70. The Bertz CT molecular complexity index is 647. The zero-order valence-electron chi connectivity index (χ0n) is 11.4. The van der Waals surface area contributed by atoms with E-state index in [1.807, 2.05) is 17.4 Å². The minimum absolute atomic E-state index is 0.0721. The van der Waals surface area contributed by atoms with Gasteiger partial charge in [-0.25, -0.2) is 0 Å². The molecule has 1 N–H and O–H groups in total. The molecule has 3 rings (SSSR count). The van der Waals surface area contributed by atoms with Gasteiger partial charge in [-0.2, -0.15) is 0 Å². The van der Waals surface area contributed by atoms with Crippen LogP contribution in [0.5, 0.6) is 0 Å². The lowest BCUT2D eigenvalue weighted by Gasteiger charge is -2.33. The van der Waals surface area contributed by atoms with E-state index >= 15 is 0 Å². The highest BCUT2D eigenvalue weighted by Gasteiger charge is 2.24. The Balaban J connectivity index is 1.71. The van der Waals surface area contributed by atoms with Gasteiger partial charge in [-0.3, -0.25) is 4.90 Å². The van der Waals surface area contributed by atoms with Gasteiger partial charge in [-0.1, -0.05) is 11.8 Å². The summed E-state index contributed by atoms with van der Waals surface area (Å²) in [6, 6.07) is 6.97. The predicted molar refractivity (Wildman–Crippen MR) is 85.1 cm³/mol. The zero-order chi connectivity index (χ0) is 13.9. The molecule has 1 unspecified atom stereocenters. The summed E-state index contributed by atoms with van der Waals surface area (Å²) < 4.78 is 0. The molecule has 0 radical (unpaired) electrons. The minimum Gasteiger partial charge on any atom is -0.384 e. The van der Waals surface area contributed by atoms with Crippen LogP contribution in [-0.2, 0) is 13.0 Å². The Kier molecular flexibility index (Phi) is 4.23. The lowest BCUT2D eigenvalue weighted by atomic mass is 10.0. The van der Waals surface area contributed by atoms with Crippen LogP contribution in [-0.4, -0.2) is 23.2 Å². The normalized spacial score (nSPS) is 18.4. The number of hydrogen-bond acceptors (Lipinski definition) is 4. The van der Waals surface area contributed by atoms with Crippen LogP contribution in [0.2, 0.25) is 0 Å². The van der Waals surface area contributed by atoms with Gasteiger partial charge < -0.3 is 5.11 Å². The van der Waals surface area contributed by atoms with Crippen LogP contribution in [0.4, 0.5) is 0 Å². The van der Waals surface area contributed by atoms with E-state index in [1.54, 1.807) is 16.2 Å². The fraction of sp³-hybridized carbons (Fsp3) is 0.375. The molecule has 0 saturated carbocycles. The molecule has 1 aliphatic heterocycles. The van der Waals surface area contributed by atoms with Crippen LogP contribution < -0.4 is 0 Å². The molecule has 4 heteroatoms. The largest absolute Gasteiger partial charge is 0.384 e. The van der Waals surface area contributed by atoms with Gasteiger partial charge in [0.05, 0.1) is 4.88 Å². The first-order chi connectivity index (χ1) is 9.78. The molecule has 0 amide bonds. The van der Waals surface area contributed by atoms with E-state index < -0.39 is 0 Å². The number of nitrogens with zero attached hydrogens (tertiary/aromatic N) is 1. The third-order valence-electron chi connectivity index (χ3n) is 3.71. The zero-order valence-corrected chi connectivity index (χ0v) is 13.1. The number of aliphatic hydroxyl groups excluding tert-OH is 1. The van der Waals surface area contributed by atoms with Gasteiger partial charge >= 0.3 is 0 Å². The molecule has 0 spiro atoms. The first kappa shape index (κ1) is 13.8. The molecule has 1 aliphatic rings. The lowest BCUT2D eigenvalue weighted by Crippen LogP contribution is -2.32. The van der Waals surface area contributed by atoms with E-state index in [4.69, 9.17) is 5.11 Å². The van der Waals surface area contributed by atoms with Crippen LogP contribution >= 0.6 is 22.7 Å². The molecular formula is C16H17NOS2. The summed E-state index contributed by atoms with van der Waals surface area (Å²) in [5, 5.41) is 10.9. The molecule has 2 aromatic heterocycles. The summed E-state index contributed by atoms with van der Waals surface area (Å²) in [4.78, 5) is 6.46. The smallest absolute Gasteiger partial charge is 0.104 e. The monoisotopic (exact) mass is 303 g/mol. The molecule has 1 atom stereocenters. The number of fused-ring (bicyclic) bond motifs is 1. The summed E-state index contributed by atoms with van der Waals surface area (Å²) in [5.41, 5.74) is 1.50. The van der Waals surface area contributed by atoms with Crippen molar-refractivity contribution in [1.82, 2.24) is 4.90 Å². The van der Waals surface area contributed by atoms with Gasteiger partial charge in [-0.15, -0.1) is 22.7 Å². The molecule has 0 bridgehead atoms. The van der Waals surface area contributed by atoms with Gasteiger partial charge in [0.25, 0.3) is 0 Å². The number of rotatable bonds is 2. The van der Waals surface area contributed by atoms with E-state index in [9.17, 15) is 0 Å². The van der Waals surface area contributed by atoms with E-state index in [0.29, 0.717) is 6.04 Å². The standard InChI is InChI=1S/C16H17NOS2/c1-12-15-7-10-19-16(15)6-8-17(12)11-14-5-4-13(20-14)3-2-9-18/h4-5,7,10,12,18H,6,8-9,11H2,1H3. The SMILES string of the molecule is CC1c2ccsc2CCN1Cc1ccc(C#CCO)s1. The van der Waals surface area contributed by atoms with Crippen molar-refractivity contribution in [3.05, 3.63) is 43.8 Å². The highest BCUT2D eigenvalue weighted by molar-refractivity contribution is 7.12. The second kappa shape index (κ2) is 6.11. The summed E-state index contributed by atoms with van der Waals surface area (Å²) >= 11 is 3.61. The van der Waals surface area contributed by atoms with Crippen molar-refractivity contribution in [3.8, 4) is 11.8 Å².